The largest absolute Gasteiger partial charge is 0.375 e. The van der Waals surface area contributed by atoms with Gasteiger partial charge < -0.3 is 15.8 Å². The molecule has 1 saturated heterocycles. The summed E-state index contributed by atoms with van der Waals surface area (Å²) in [4.78, 5) is 14.3. The van der Waals surface area contributed by atoms with Gasteiger partial charge in [-0.3, -0.25) is 4.79 Å². The maximum atomic E-state index is 11.6. The molecular weight excluding hydrogens is 222 g/mol. The van der Waals surface area contributed by atoms with Gasteiger partial charge in [0.05, 0.1) is 12.2 Å². The number of ether oxygens (including phenoxy) is 1. The average molecular weight is 241 g/mol. The number of nitrogens with two attached hydrogens (primary N) is 1. The van der Waals surface area contributed by atoms with Gasteiger partial charge in [-0.25, -0.2) is 0 Å². The highest BCUT2D eigenvalue weighted by Gasteiger charge is 2.42. The van der Waals surface area contributed by atoms with Crippen LogP contribution in [0, 0.1) is 0 Å². The highest BCUT2D eigenvalue weighted by molar-refractivity contribution is 5.84. The van der Waals surface area contributed by atoms with E-state index in [0.717, 1.165) is 0 Å². The molecule has 0 aliphatic carbocycles. The van der Waals surface area contributed by atoms with E-state index in [1.807, 2.05) is 13.8 Å². The molecule has 1 fully saturated rings. The summed E-state index contributed by atoms with van der Waals surface area (Å²) in [5.41, 5.74) is 12.9. The summed E-state index contributed by atoms with van der Waals surface area (Å²) in [7, 11) is 0. The Bertz CT molecular complexity index is 317. The first-order valence-electron chi connectivity index (χ1n) is 5.71. The summed E-state index contributed by atoms with van der Waals surface area (Å²) in [5.74, 6) is -0.375. The second-order valence-corrected chi connectivity index (χ2v) is 4.49. The Labute approximate surface area is 100 Å². The Hall–Kier alpha value is -1.30. The van der Waals surface area contributed by atoms with Crippen LogP contribution in [0.2, 0.25) is 0 Å². The Balaban J connectivity index is 2.67. The van der Waals surface area contributed by atoms with Crippen molar-refractivity contribution < 1.29 is 9.53 Å². The quantitative estimate of drug-likeness (QED) is 0.319. The average Bonchev–Trinajstić information content (AvgIpc) is 2.23. The van der Waals surface area contributed by atoms with Crippen LogP contribution in [0.4, 0.5) is 0 Å². The topological polar surface area (TPSA) is 113 Å². The summed E-state index contributed by atoms with van der Waals surface area (Å²) in [6.45, 7) is 4.58. The third kappa shape index (κ3) is 3.59. The van der Waals surface area contributed by atoms with Crippen molar-refractivity contribution in [2.24, 2.45) is 10.8 Å². The second-order valence-electron chi connectivity index (χ2n) is 4.49. The van der Waals surface area contributed by atoms with Crippen LogP contribution in [0.5, 0.6) is 0 Å². The summed E-state index contributed by atoms with van der Waals surface area (Å²) in [6, 6.07) is 0. The van der Waals surface area contributed by atoms with E-state index in [2.05, 4.69) is 15.3 Å². The van der Waals surface area contributed by atoms with Gasteiger partial charge in [-0.15, -0.1) is 0 Å². The maximum Gasteiger partial charge on any atom is 0.237 e. The first-order valence-corrected chi connectivity index (χ1v) is 5.71. The number of nitrogens with one attached hydrogen (secondary N) is 1. The molecule has 96 valence electrons. The molecule has 3 N–H and O–H groups in total. The minimum atomic E-state index is -0.748. The minimum absolute atomic E-state index is 0.0155. The summed E-state index contributed by atoms with van der Waals surface area (Å²) in [5, 5.41) is 6.53. The second kappa shape index (κ2) is 5.86. The third-order valence-electron chi connectivity index (χ3n) is 2.95. The molecule has 7 heteroatoms. The molecule has 0 aromatic carbocycles. The van der Waals surface area contributed by atoms with Gasteiger partial charge in [-0.05, 0) is 19.4 Å². The minimum Gasteiger partial charge on any atom is -0.375 e. The fraction of sp³-hybridized carbons (Fsp3) is 0.900. The van der Waals surface area contributed by atoms with E-state index < -0.39 is 5.54 Å². The van der Waals surface area contributed by atoms with E-state index in [-0.39, 0.29) is 18.1 Å². The van der Waals surface area contributed by atoms with Gasteiger partial charge in [0.15, 0.2) is 0 Å². The van der Waals surface area contributed by atoms with Crippen LogP contribution in [0.3, 0.4) is 0 Å². The van der Waals surface area contributed by atoms with E-state index in [9.17, 15) is 4.79 Å². The first kappa shape index (κ1) is 13.8. The van der Waals surface area contributed by atoms with Crippen molar-refractivity contribution in [2.45, 2.75) is 44.4 Å². The van der Waals surface area contributed by atoms with Gasteiger partial charge in [0.25, 0.3) is 0 Å². The SMILES string of the molecule is CC1CC(NCCN=[N+]=[N-])(C(N)=O)CC(C)O1. The summed E-state index contributed by atoms with van der Waals surface area (Å²) in [6.07, 6.45) is 1.06. The van der Waals surface area contributed by atoms with Crippen molar-refractivity contribution in [2.75, 3.05) is 13.1 Å². The number of carbonyl (C=O) groups excluding carboxylic acids is 1. The highest BCUT2D eigenvalue weighted by Crippen LogP contribution is 2.28. The van der Waals surface area contributed by atoms with Gasteiger partial charge in [-0.1, -0.05) is 5.11 Å². The van der Waals surface area contributed by atoms with Crippen LogP contribution in [-0.4, -0.2) is 36.7 Å². The molecule has 1 rings (SSSR count). The first-order chi connectivity index (χ1) is 8.00. The molecule has 2 unspecified atom stereocenters. The van der Waals surface area contributed by atoms with Crippen molar-refractivity contribution in [1.29, 1.82) is 0 Å². The van der Waals surface area contributed by atoms with E-state index in [0.29, 0.717) is 25.9 Å². The van der Waals surface area contributed by atoms with Gasteiger partial charge >= 0.3 is 0 Å². The molecule has 1 aliphatic rings. The number of rotatable bonds is 5. The molecule has 0 spiro atoms. The van der Waals surface area contributed by atoms with Crippen LogP contribution >= 0.6 is 0 Å². The smallest absolute Gasteiger partial charge is 0.237 e. The van der Waals surface area contributed by atoms with Crippen LogP contribution in [0.15, 0.2) is 5.11 Å². The Morgan fingerprint density at radius 1 is 1.59 bits per heavy atom. The number of hydrogen-bond acceptors (Lipinski definition) is 4. The van der Waals surface area contributed by atoms with Crippen molar-refractivity contribution in [3.63, 3.8) is 0 Å². The lowest BCUT2D eigenvalue weighted by Gasteiger charge is -2.41. The summed E-state index contributed by atoms with van der Waals surface area (Å²) >= 11 is 0. The number of primary amides is 1. The zero-order valence-corrected chi connectivity index (χ0v) is 10.2. The van der Waals surface area contributed by atoms with Crippen LogP contribution in [0.1, 0.15) is 26.7 Å². The standard InChI is InChI=1S/C10H19N5O2/c1-7-5-10(9(11)16,6-8(2)17-7)13-3-4-14-15-12/h7-8,13H,3-6H2,1-2H3,(H2,11,16). The zero-order valence-electron chi connectivity index (χ0n) is 10.2. The molecular formula is C10H19N5O2. The molecule has 1 heterocycles. The Morgan fingerprint density at radius 3 is 2.65 bits per heavy atom. The number of nitrogens with zero attached hydrogens (tertiary/aromatic N) is 3. The zero-order chi connectivity index (χ0) is 12.9. The van der Waals surface area contributed by atoms with E-state index in [1.54, 1.807) is 0 Å². The lowest BCUT2D eigenvalue weighted by molar-refractivity contribution is -0.135. The van der Waals surface area contributed by atoms with E-state index >= 15 is 0 Å². The van der Waals surface area contributed by atoms with Gasteiger partial charge in [0, 0.05) is 30.8 Å². The van der Waals surface area contributed by atoms with Crippen molar-refractivity contribution >= 4 is 5.91 Å². The Morgan fingerprint density at radius 2 is 2.18 bits per heavy atom. The number of azide groups is 1. The van der Waals surface area contributed by atoms with Crippen LogP contribution in [-0.2, 0) is 9.53 Å². The Kier molecular flexibility index (Phi) is 4.74. The van der Waals surface area contributed by atoms with Gasteiger partial charge in [0.1, 0.15) is 5.54 Å². The monoisotopic (exact) mass is 241 g/mol. The molecule has 1 amide bonds. The lowest BCUT2D eigenvalue weighted by atomic mass is 9.83. The molecule has 17 heavy (non-hydrogen) atoms. The predicted molar refractivity (Wildman–Crippen MR) is 63.2 cm³/mol. The van der Waals surface area contributed by atoms with Crippen molar-refractivity contribution in [3.05, 3.63) is 10.4 Å². The van der Waals surface area contributed by atoms with Crippen molar-refractivity contribution in [3.8, 4) is 0 Å². The van der Waals surface area contributed by atoms with E-state index in [1.165, 1.54) is 0 Å². The molecule has 0 bridgehead atoms. The normalized spacial score (nSPS) is 32.8. The molecule has 0 aromatic heterocycles. The lowest BCUT2D eigenvalue weighted by Crippen LogP contribution is -2.61. The summed E-state index contributed by atoms with van der Waals surface area (Å²) < 4.78 is 5.59. The molecule has 0 saturated carbocycles. The van der Waals surface area contributed by atoms with Crippen LogP contribution in [0.25, 0.3) is 10.4 Å². The molecule has 0 radical (unpaired) electrons. The van der Waals surface area contributed by atoms with Gasteiger partial charge in [0.2, 0.25) is 5.91 Å². The number of hydrogen-bond donors (Lipinski definition) is 2. The van der Waals surface area contributed by atoms with Crippen LogP contribution < -0.4 is 11.1 Å². The fourth-order valence-corrected chi connectivity index (χ4v) is 2.38. The maximum absolute atomic E-state index is 11.6. The predicted octanol–water partition coefficient (Wildman–Crippen LogP) is 0.698. The molecule has 0 aromatic rings. The fourth-order valence-electron chi connectivity index (χ4n) is 2.38. The number of amides is 1. The van der Waals surface area contributed by atoms with Gasteiger partial charge in [-0.2, -0.15) is 0 Å². The highest BCUT2D eigenvalue weighted by atomic mass is 16.5. The third-order valence-corrected chi connectivity index (χ3v) is 2.95. The molecule has 7 nitrogen and oxygen atoms in total. The molecule has 2 atom stereocenters. The number of carbonyl (C=O) groups is 1. The molecule has 1 aliphatic heterocycles. The van der Waals surface area contributed by atoms with Crippen molar-refractivity contribution in [1.82, 2.24) is 5.32 Å². The van der Waals surface area contributed by atoms with E-state index in [4.69, 9.17) is 16.0 Å².